The highest BCUT2D eigenvalue weighted by atomic mass is 79.9. The molecule has 0 bridgehead atoms. The Morgan fingerprint density at radius 3 is 2.88 bits per heavy atom. The van der Waals surface area contributed by atoms with E-state index in [1.54, 1.807) is 0 Å². The zero-order chi connectivity index (χ0) is 11.3. The summed E-state index contributed by atoms with van der Waals surface area (Å²) in [6, 6.07) is 6.47. The third-order valence-electron chi connectivity index (χ3n) is 3.49. The molecule has 1 heterocycles. The quantitative estimate of drug-likeness (QED) is 0.900. The van der Waals surface area contributed by atoms with Gasteiger partial charge in [-0.2, -0.15) is 0 Å². The van der Waals surface area contributed by atoms with Crippen LogP contribution in [0.15, 0.2) is 28.9 Å². The van der Waals surface area contributed by atoms with Gasteiger partial charge in [-0.05, 0) is 46.8 Å². The van der Waals surface area contributed by atoms with Gasteiger partial charge in [0.1, 0.15) is 0 Å². The lowest BCUT2D eigenvalue weighted by atomic mass is 10.0. The number of fused-ring (bicyclic) bond motifs is 1. The molecular weight excluding hydrogens is 264 g/mol. The first-order chi connectivity index (χ1) is 7.59. The first-order valence-electron chi connectivity index (χ1n) is 5.60. The predicted molar refractivity (Wildman–Crippen MR) is 70.5 cm³/mol. The molecule has 0 atom stereocenters. The molecule has 0 unspecified atom stereocenters. The number of nitrogens with two attached hydrogens (primary N) is 1. The zero-order valence-electron chi connectivity index (χ0n) is 9.33. The average molecular weight is 279 g/mol. The molecule has 1 aliphatic carbocycles. The molecule has 1 fully saturated rings. The van der Waals surface area contributed by atoms with Gasteiger partial charge >= 0.3 is 0 Å². The molecule has 84 valence electrons. The van der Waals surface area contributed by atoms with Crippen molar-refractivity contribution in [1.82, 2.24) is 4.57 Å². The number of aromatic nitrogens is 1. The minimum atomic E-state index is 0.0730. The second-order valence-electron chi connectivity index (χ2n) is 4.94. The van der Waals surface area contributed by atoms with Crippen molar-refractivity contribution in [3.63, 3.8) is 0 Å². The molecule has 0 aliphatic heterocycles. The SMILES string of the molecule is Cn1cc(Br)c2c(CC3(N)CC3)cccc21. The van der Waals surface area contributed by atoms with E-state index in [1.165, 1.54) is 20.9 Å². The van der Waals surface area contributed by atoms with Crippen LogP contribution in [0.2, 0.25) is 0 Å². The topological polar surface area (TPSA) is 30.9 Å². The highest BCUT2D eigenvalue weighted by molar-refractivity contribution is 9.10. The highest BCUT2D eigenvalue weighted by Gasteiger charge is 2.38. The van der Waals surface area contributed by atoms with Crippen molar-refractivity contribution in [2.45, 2.75) is 24.8 Å². The van der Waals surface area contributed by atoms with Gasteiger partial charge in [0.2, 0.25) is 0 Å². The third kappa shape index (κ3) is 1.59. The monoisotopic (exact) mass is 278 g/mol. The lowest BCUT2D eigenvalue weighted by molar-refractivity contribution is 0.675. The van der Waals surface area contributed by atoms with Crippen LogP contribution < -0.4 is 5.73 Å². The van der Waals surface area contributed by atoms with E-state index in [4.69, 9.17) is 5.73 Å². The summed E-state index contributed by atoms with van der Waals surface area (Å²) >= 11 is 3.63. The summed E-state index contributed by atoms with van der Waals surface area (Å²) in [5.41, 5.74) is 8.91. The van der Waals surface area contributed by atoms with E-state index in [9.17, 15) is 0 Å². The van der Waals surface area contributed by atoms with E-state index in [-0.39, 0.29) is 5.54 Å². The summed E-state index contributed by atoms with van der Waals surface area (Å²) in [7, 11) is 2.08. The molecule has 0 radical (unpaired) electrons. The molecule has 0 saturated heterocycles. The van der Waals surface area contributed by atoms with Crippen LogP contribution in [-0.2, 0) is 13.5 Å². The minimum absolute atomic E-state index is 0.0730. The van der Waals surface area contributed by atoms with Crippen molar-refractivity contribution in [1.29, 1.82) is 0 Å². The number of benzene rings is 1. The molecule has 2 nitrogen and oxygen atoms in total. The molecular formula is C13H15BrN2. The van der Waals surface area contributed by atoms with Crippen LogP contribution in [0.5, 0.6) is 0 Å². The van der Waals surface area contributed by atoms with Gasteiger partial charge in [0, 0.05) is 34.2 Å². The Labute approximate surface area is 104 Å². The highest BCUT2D eigenvalue weighted by Crippen LogP contribution is 2.38. The molecule has 1 aliphatic rings. The minimum Gasteiger partial charge on any atom is -0.349 e. The van der Waals surface area contributed by atoms with Crippen LogP contribution in [0.1, 0.15) is 18.4 Å². The average Bonchev–Trinajstić information content (AvgIpc) is 2.87. The van der Waals surface area contributed by atoms with Crippen molar-refractivity contribution in [3.05, 3.63) is 34.4 Å². The molecule has 2 aromatic rings. The van der Waals surface area contributed by atoms with Gasteiger partial charge in [0.05, 0.1) is 0 Å². The first-order valence-corrected chi connectivity index (χ1v) is 6.40. The Hall–Kier alpha value is -0.800. The summed E-state index contributed by atoms with van der Waals surface area (Å²) in [5, 5.41) is 1.32. The number of hydrogen-bond acceptors (Lipinski definition) is 1. The van der Waals surface area contributed by atoms with Gasteiger partial charge in [-0.25, -0.2) is 0 Å². The fourth-order valence-corrected chi connectivity index (χ4v) is 3.09. The maximum atomic E-state index is 6.20. The fourth-order valence-electron chi connectivity index (χ4n) is 2.32. The fraction of sp³-hybridized carbons (Fsp3) is 0.385. The van der Waals surface area contributed by atoms with Gasteiger partial charge in [-0.1, -0.05) is 12.1 Å². The van der Waals surface area contributed by atoms with E-state index in [0.29, 0.717) is 0 Å². The van der Waals surface area contributed by atoms with Gasteiger partial charge in [-0.3, -0.25) is 0 Å². The standard InChI is InChI=1S/C13H15BrN2/c1-16-8-10(14)12-9(3-2-4-11(12)16)7-13(15)5-6-13/h2-4,8H,5-7,15H2,1H3. The van der Waals surface area contributed by atoms with Crippen LogP contribution >= 0.6 is 15.9 Å². The second kappa shape index (κ2) is 3.34. The molecule has 0 amide bonds. The smallest absolute Gasteiger partial charge is 0.0492 e. The van der Waals surface area contributed by atoms with Crippen molar-refractivity contribution in [3.8, 4) is 0 Å². The summed E-state index contributed by atoms with van der Waals surface area (Å²) in [5.74, 6) is 0. The van der Waals surface area contributed by atoms with Crippen molar-refractivity contribution in [2.24, 2.45) is 12.8 Å². The van der Waals surface area contributed by atoms with Crippen molar-refractivity contribution in [2.75, 3.05) is 0 Å². The second-order valence-corrected chi connectivity index (χ2v) is 5.79. The lowest BCUT2D eigenvalue weighted by Crippen LogP contribution is -2.24. The molecule has 0 spiro atoms. The van der Waals surface area contributed by atoms with Gasteiger partial charge in [0.25, 0.3) is 0 Å². The Balaban J connectivity index is 2.16. The molecule has 2 N–H and O–H groups in total. The van der Waals surface area contributed by atoms with Crippen LogP contribution in [0, 0.1) is 0 Å². The molecule has 3 rings (SSSR count). The Kier molecular flexibility index (Phi) is 2.17. The van der Waals surface area contributed by atoms with E-state index >= 15 is 0 Å². The number of rotatable bonds is 2. The molecule has 1 saturated carbocycles. The molecule has 1 aromatic carbocycles. The maximum absolute atomic E-state index is 6.20. The lowest BCUT2D eigenvalue weighted by Gasteiger charge is -2.10. The summed E-state index contributed by atoms with van der Waals surface area (Å²) in [6.45, 7) is 0. The largest absolute Gasteiger partial charge is 0.349 e. The van der Waals surface area contributed by atoms with Crippen LogP contribution in [0.25, 0.3) is 10.9 Å². The molecule has 16 heavy (non-hydrogen) atoms. The van der Waals surface area contributed by atoms with Crippen LogP contribution in [0.3, 0.4) is 0 Å². The number of aryl methyl sites for hydroxylation is 1. The Morgan fingerprint density at radius 1 is 1.44 bits per heavy atom. The van der Waals surface area contributed by atoms with E-state index in [2.05, 4.69) is 51.9 Å². The van der Waals surface area contributed by atoms with Gasteiger partial charge < -0.3 is 10.3 Å². The Morgan fingerprint density at radius 2 is 2.19 bits per heavy atom. The van der Waals surface area contributed by atoms with Gasteiger partial charge in [-0.15, -0.1) is 0 Å². The number of nitrogens with zero attached hydrogens (tertiary/aromatic N) is 1. The zero-order valence-corrected chi connectivity index (χ0v) is 10.9. The Bertz CT molecular complexity index is 552. The number of hydrogen-bond donors (Lipinski definition) is 1. The third-order valence-corrected chi connectivity index (χ3v) is 4.09. The normalized spacial score (nSPS) is 17.9. The summed E-state index contributed by atoms with van der Waals surface area (Å²) in [6.07, 6.45) is 5.43. The van der Waals surface area contributed by atoms with Crippen LogP contribution in [0.4, 0.5) is 0 Å². The maximum Gasteiger partial charge on any atom is 0.0492 e. The molecule has 3 heteroatoms. The van der Waals surface area contributed by atoms with Crippen molar-refractivity contribution < 1.29 is 0 Å². The number of halogens is 1. The van der Waals surface area contributed by atoms with E-state index in [0.717, 1.165) is 19.3 Å². The first kappa shape index (κ1) is 10.4. The molecule has 1 aromatic heterocycles. The van der Waals surface area contributed by atoms with Gasteiger partial charge in [0.15, 0.2) is 0 Å². The summed E-state index contributed by atoms with van der Waals surface area (Å²) < 4.78 is 3.32. The summed E-state index contributed by atoms with van der Waals surface area (Å²) in [4.78, 5) is 0. The van der Waals surface area contributed by atoms with E-state index < -0.39 is 0 Å². The van der Waals surface area contributed by atoms with Crippen LogP contribution in [-0.4, -0.2) is 10.1 Å². The predicted octanol–water partition coefficient (Wildman–Crippen LogP) is 2.97. The van der Waals surface area contributed by atoms with Crippen molar-refractivity contribution >= 4 is 26.8 Å². The van der Waals surface area contributed by atoms with E-state index in [1.807, 2.05) is 0 Å².